The van der Waals surface area contributed by atoms with Gasteiger partial charge in [0.25, 0.3) is 5.97 Å². The molecule has 0 aromatic heterocycles. The average Bonchev–Trinajstić information content (AvgIpc) is 2.00. The first kappa shape index (κ1) is 13.8. The number of hydrogen-bond acceptors (Lipinski definition) is 3. The van der Waals surface area contributed by atoms with Gasteiger partial charge in [0.2, 0.25) is 0 Å². The van der Waals surface area contributed by atoms with E-state index in [2.05, 4.69) is 18.6 Å². The summed E-state index contributed by atoms with van der Waals surface area (Å²) in [5, 5.41) is 0. The molecule has 1 atom stereocenters. The zero-order chi connectivity index (χ0) is 8.15. The Labute approximate surface area is 91.7 Å². The van der Waals surface area contributed by atoms with Crippen LogP contribution in [0.5, 0.6) is 0 Å². The molecule has 0 fully saturated rings. The van der Waals surface area contributed by atoms with Crippen LogP contribution in [0, 0.1) is 19.8 Å². The predicted octanol–water partition coefficient (Wildman–Crippen LogP) is 0.400. The zero-order valence-electron chi connectivity index (χ0n) is 6.50. The zero-order valence-corrected chi connectivity index (χ0v) is 9.34. The van der Waals surface area contributed by atoms with Gasteiger partial charge in [-0.15, -0.1) is 6.42 Å². The Morgan fingerprint density at radius 1 is 1.55 bits per heavy atom. The summed E-state index contributed by atoms with van der Waals surface area (Å²) in [6, 6.07) is 0. The predicted molar refractivity (Wildman–Crippen MR) is 35.8 cm³/mol. The Morgan fingerprint density at radius 3 is 2.27 bits per heavy atom. The molecule has 0 aliphatic carbocycles. The molecular formula is C7H10O3Y-2. The molecule has 0 heterocycles. The molecule has 0 aliphatic heterocycles. The molecule has 0 saturated heterocycles. The summed E-state index contributed by atoms with van der Waals surface area (Å²) in [4.78, 5) is 21.3. The molecule has 0 N–H and O–H groups in total. The Bertz CT molecular complexity index is 129. The Morgan fingerprint density at radius 2 is 2.00 bits per heavy atom. The molecule has 0 amide bonds. The van der Waals surface area contributed by atoms with Gasteiger partial charge in [0, 0.05) is 32.7 Å². The molecule has 0 saturated carbocycles. The first-order valence-corrected chi connectivity index (χ1v) is 2.86. The minimum atomic E-state index is -0.914. The van der Waals surface area contributed by atoms with Gasteiger partial charge in [-0.1, -0.05) is 0 Å². The van der Waals surface area contributed by atoms with Crippen molar-refractivity contribution in [1.82, 2.24) is 0 Å². The number of ketones is 1. The van der Waals surface area contributed by atoms with Gasteiger partial charge in [-0.2, -0.15) is 0 Å². The molecule has 4 heteroatoms. The molecule has 0 bridgehead atoms. The molecule has 0 spiro atoms. The third kappa shape index (κ3) is 4.64. The van der Waals surface area contributed by atoms with Gasteiger partial charge < -0.3 is 23.4 Å². The largest absolute Gasteiger partial charge is 0.470 e. The maximum atomic E-state index is 10.7. The fourth-order valence-electron chi connectivity index (χ4n) is 0.448. The van der Waals surface area contributed by atoms with Crippen molar-refractivity contribution in [2.75, 3.05) is 7.11 Å². The summed E-state index contributed by atoms with van der Waals surface area (Å²) in [5.41, 5.74) is 0. The van der Waals surface area contributed by atoms with Gasteiger partial charge in [-0.05, 0) is 5.92 Å². The van der Waals surface area contributed by atoms with Crippen LogP contribution in [-0.2, 0) is 47.0 Å². The fourth-order valence-corrected chi connectivity index (χ4v) is 0.448. The van der Waals surface area contributed by atoms with E-state index in [4.69, 9.17) is 0 Å². The van der Waals surface area contributed by atoms with Gasteiger partial charge in [0.1, 0.15) is 0 Å². The maximum absolute atomic E-state index is 10.7. The van der Waals surface area contributed by atoms with E-state index in [9.17, 15) is 9.59 Å². The molecule has 0 aliphatic rings. The average molecular weight is 231 g/mol. The van der Waals surface area contributed by atoms with Gasteiger partial charge in [0.05, 0.1) is 12.9 Å². The summed E-state index contributed by atoms with van der Waals surface area (Å²) in [5.74, 6) is -1.82. The maximum Gasteiger partial charge on any atom is 0.285 e. The van der Waals surface area contributed by atoms with Crippen molar-refractivity contribution in [3.8, 4) is 0 Å². The fraction of sp³-hybridized carbons (Fsp3) is 0.429. The number of carbonyl (C=O) groups is 2. The Balaban J connectivity index is 0. The van der Waals surface area contributed by atoms with E-state index in [1.807, 2.05) is 0 Å². The second-order valence-electron chi connectivity index (χ2n) is 1.79. The first-order valence-electron chi connectivity index (χ1n) is 2.86. The summed E-state index contributed by atoms with van der Waals surface area (Å²) < 4.78 is 4.28. The third-order valence-electron chi connectivity index (χ3n) is 1.12. The molecule has 0 aromatic rings. The van der Waals surface area contributed by atoms with Crippen LogP contribution in [0.3, 0.4) is 0 Å². The molecule has 0 rings (SSSR count). The van der Waals surface area contributed by atoms with E-state index in [0.29, 0.717) is 0 Å². The van der Waals surface area contributed by atoms with Crippen LogP contribution in [0.4, 0.5) is 0 Å². The third-order valence-corrected chi connectivity index (χ3v) is 1.12. The van der Waals surface area contributed by atoms with Crippen LogP contribution in [0.2, 0.25) is 0 Å². The van der Waals surface area contributed by atoms with Crippen molar-refractivity contribution in [3.63, 3.8) is 0 Å². The second kappa shape index (κ2) is 6.92. The Hall–Kier alpha value is 0.244. The number of carbonyl (C=O) groups excluding carboxylic acids is 2. The van der Waals surface area contributed by atoms with Crippen molar-refractivity contribution in [3.05, 3.63) is 13.8 Å². The van der Waals surface area contributed by atoms with Crippen molar-refractivity contribution in [1.29, 1.82) is 0 Å². The topological polar surface area (TPSA) is 43.4 Å². The van der Waals surface area contributed by atoms with E-state index in [1.165, 1.54) is 7.11 Å². The monoisotopic (exact) mass is 231 g/mol. The molecule has 61 valence electrons. The number of ether oxygens (including phenoxy) is 1. The van der Waals surface area contributed by atoms with Crippen LogP contribution in [-0.4, -0.2) is 18.9 Å². The summed E-state index contributed by atoms with van der Waals surface area (Å²) in [6.45, 7) is 6.64. The van der Waals surface area contributed by atoms with Gasteiger partial charge in [0.15, 0.2) is 0 Å². The molecule has 11 heavy (non-hydrogen) atoms. The summed E-state index contributed by atoms with van der Waals surface area (Å²) in [7, 11) is 1.22. The van der Waals surface area contributed by atoms with Crippen molar-refractivity contribution in [2.24, 2.45) is 5.92 Å². The minimum Gasteiger partial charge on any atom is -0.470 e. The second-order valence-corrected chi connectivity index (χ2v) is 1.79. The summed E-state index contributed by atoms with van der Waals surface area (Å²) >= 11 is 0. The quantitative estimate of drug-likeness (QED) is 0.401. The molecule has 0 aromatic carbocycles. The van der Waals surface area contributed by atoms with Crippen LogP contribution >= 0.6 is 0 Å². The van der Waals surface area contributed by atoms with Gasteiger partial charge in [-0.25, -0.2) is 0 Å². The van der Waals surface area contributed by atoms with Crippen molar-refractivity contribution in [2.45, 2.75) is 6.42 Å². The van der Waals surface area contributed by atoms with Crippen LogP contribution < -0.4 is 0 Å². The SMILES string of the molecule is [CH2-]CC(=O)C([CH2-])C(=O)OC.[Y]. The number of esters is 1. The number of rotatable bonds is 3. The van der Waals surface area contributed by atoms with Crippen LogP contribution in [0.1, 0.15) is 6.42 Å². The normalized spacial score (nSPS) is 11.2. The van der Waals surface area contributed by atoms with Crippen molar-refractivity contribution >= 4 is 11.8 Å². The van der Waals surface area contributed by atoms with E-state index in [0.717, 1.165) is 0 Å². The van der Waals surface area contributed by atoms with Gasteiger partial charge in [-0.3, -0.25) is 4.79 Å². The molecule has 1 unspecified atom stereocenters. The van der Waals surface area contributed by atoms with E-state index in [-0.39, 0.29) is 44.9 Å². The first-order chi connectivity index (χ1) is 4.63. The van der Waals surface area contributed by atoms with Crippen LogP contribution in [0.25, 0.3) is 0 Å². The number of hydrogen-bond donors (Lipinski definition) is 0. The minimum absolute atomic E-state index is 0. The number of methoxy groups -OCH3 is 1. The van der Waals surface area contributed by atoms with Crippen LogP contribution in [0.15, 0.2) is 0 Å². The number of Topliss-reactive ketones (excluding diaryl/α,β-unsaturated/α-hetero) is 1. The standard InChI is InChI=1S/C7H10O3.Y/c1-4-6(8)5(2)7(9)10-3;/h5H,1-2,4H2,3H3;/q-2;. The molecule has 3 nitrogen and oxygen atoms in total. The van der Waals surface area contributed by atoms with E-state index < -0.39 is 11.9 Å². The molecular weight excluding hydrogens is 221 g/mol. The molecule has 1 radical (unpaired) electrons. The summed E-state index contributed by atoms with van der Waals surface area (Å²) in [6.07, 6.45) is 0.0727. The smallest absolute Gasteiger partial charge is 0.285 e. The van der Waals surface area contributed by atoms with E-state index >= 15 is 0 Å². The van der Waals surface area contributed by atoms with Gasteiger partial charge >= 0.3 is 0 Å². The Kier molecular flexibility index (Phi) is 8.69. The van der Waals surface area contributed by atoms with E-state index in [1.54, 1.807) is 0 Å². The van der Waals surface area contributed by atoms with Crippen molar-refractivity contribution < 1.29 is 47.0 Å².